The monoisotopic (exact) mass is 238 g/mol. The Morgan fingerprint density at radius 2 is 2.00 bits per heavy atom. The van der Waals surface area contributed by atoms with E-state index in [1.165, 1.54) is 0 Å². The van der Waals surface area contributed by atoms with Gasteiger partial charge in [0.1, 0.15) is 0 Å². The molecule has 0 radical (unpaired) electrons. The predicted octanol–water partition coefficient (Wildman–Crippen LogP) is 1.96. The Morgan fingerprint density at radius 3 is 2.53 bits per heavy atom. The molecule has 0 aromatic carbocycles. The first-order chi connectivity index (χ1) is 7.97. The Morgan fingerprint density at radius 1 is 1.35 bits per heavy atom. The number of carbonyl (C=O) groups is 1. The van der Waals surface area contributed by atoms with E-state index in [2.05, 4.69) is 0 Å². The van der Waals surface area contributed by atoms with Crippen molar-refractivity contribution >= 4 is 5.91 Å². The first kappa shape index (κ1) is 12.1. The van der Waals surface area contributed by atoms with Crippen molar-refractivity contribution in [1.82, 2.24) is 4.90 Å². The molecule has 0 aromatic heterocycles. The van der Waals surface area contributed by atoms with Crippen LogP contribution in [-0.2, 0) is 4.79 Å². The fraction of sp³-hybridized carbons (Fsp3) is 0.750. The predicted molar refractivity (Wildman–Crippen MR) is 62.8 cm³/mol. The first-order valence-corrected chi connectivity index (χ1v) is 6.09. The summed E-state index contributed by atoms with van der Waals surface area (Å²) in [4.78, 5) is 24.6. The third kappa shape index (κ3) is 1.83. The van der Waals surface area contributed by atoms with Crippen molar-refractivity contribution in [2.45, 2.75) is 39.0 Å². The number of nitro groups is 1. The van der Waals surface area contributed by atoms with Crippen LogP contribution in [0.4, 0.5) is 0 Å². The Hall–Kier alpha value is -1.39. The SMILES string of the molecule is CN1CC[C@@](C)(C2=C([N+](=O)[O-])CCCC2)C1=O. The zero-order chi connectivity index (χ0) is 12.6. The van der Waals surface area contributed by atoms with Crippen LogP contribution in [0.3, 0.4) is 0 Å². The van der Waals surface area contributed by atoms with Gasteiger partial charge in [0.05, 0.1) is 10.3 Å². The minimum absolute atomic E-state index is 0.0359. The zero-order valence-electron chi connectivity index (χ0n) is 10.4. The zero-order valence-corrected chi connectivity index (χ0v) is 10.4. The van der Waals surface area contributed by atoms with Crippen molar-refractivity contribution in [3.8, 4) is 0 Å². The lowest BCUT2D eigenvalue weighted by Gasteiger charge is -2.27. The van der Waals surface area contributed by atoms with Gasteiger partial charge in [-0.25, -0.2) is 0 Å². The van der Waals surface area contributed by atoms with E-state index < -0.39 is 5.41 Å². The van der Waals surface area contributed by atoms with Crippen molar-refractivity contribution in [2.75, 3.05) is 13.6 Å². The minimum Gasteiger partial charge on any atom is -0.345 e. The molecule has 0 bridgehead atoms. The third-order valence-electron chi connectivity index (χ3n) is 4.09. The fourth-order valence-electron chi connectivity index (χ4n) is 2.99. The molecule has 5 nitrogen and oxygen atoms in total. The van der Waals surface area contributed by atoms with E-state index in [1.807, 2.05) is 6.92 Å². The molecule has 0 unspecified atom stereocenters. The van der Waals surface area contributed by atoms with Gasteiger partial charge in [0.25, 0.3) is 0 Å². The van der Waals surface area contributed by atoms with E-state index >= 15 is 0 Å². The van der Waals surface area contributed by atoms with E-state index in [-0.39, 0.29) is 10.8 Å². The van der Waals surface area contributed by atoms with Crippen LogP contribution in [-0.4, -0.2) is 29.3 Å². The quantitative estimate of drug-likeness (QED) is 0.545. The molecule has 17 heavy (non-hydrogen) atoms. The number of hydrogen-bond acceptors (Lipinski definition) is 3. The average Bonchev–Trinajstić information content (AvgIpc) is 2.58. The van der Waals surface area contributed by atoms with Crippen molar-refractivity contribution in [1.29, 1.82) is 0 Å². The second kappa shape index (κ2) is 4.13. The number of rotatable bonds is 2. The van der Waals surface area contributed by atoms with Gasteiger partial charge >= 0.3 is 0 Å². The van der Waals surface area contributed by atoms with Gasteiger partial charge in [-0.3, -0.25) is 14.9 Å². The van der Waals surface area contributed by atoms with Crippen LogP contribution in [0.1, 0.15) is 39.0 Å². The van der Waals surface area contributed by atoms with Crippen molar-refractivity contribution in [3.05, 3.63) is 21.4 Å². The van der Waals surface area contributed by atoms with E-state index in [0.29, 0.717) is 31.5 Å². The smallest absolute Gasteiger partial charge is 0.246 e. The van der Waals surface area contributed by atoms with Gasteiger partial charge in [0.15, 0.2) is 0 Å². The standard InChI is InChI=1S/C12H18N2O3/c1-12(7-8-13(2)11(12)15)9-5-3-4-6-10(9)14(16)17/h3-8H2,1-2H3/t12-/m0/s1. The number of hydrogen-bond donors (Lipinski definition) is 0. The van der Waals surface area contributed by atoms with Crippen LogP contribution < -0.4 is 0 Å². The Kier molecular flexibility index (Phi) is 2.93. The molecule has 0 N–H and O–H groups in total. The van der Waals surface area contributed by atoms with Crippen molar-refractivity contribution in [3.63, 3.8) is 0 Å². The minimum atomic E-state index is -0.627. The summed E-state index contributed by atoms with van der Waals surface area (Å²) in [6.07, 6.45) is 3.73. The maximum Gasteiger partial charge on any atom is 0.246 e. The van der Waals surface area contributed by atoms with Crippen LogP contribution in [0.25, 0.3) is 0 Å². The summed E-state index contributed by atoms with van der Waals surface area (Å²) in [6.45, 7) is 2.56. The maximum atomic E-state index is 12.2. The second-order valence-electron chi connectivity index (χ2n) is 5.20. The number of nitrogens with zero attached hydrogens (tertiary/aromatic N) is 2. The summed E-state index contributed by atoms with van der Waals surface area (Å²) in [6, 6.07) is 0. The molecular formula is C12H18N2O3. The van der Waals surface area contributed by atoms with Gasteiger partial charge in [-0.2, -0.15) is 0 Å². The summed E-state index contributed by atoms with van der Waals surface area (Å²) < 4.78 is 0. The number of allylic oxidation sites excluding steroid dienone is 1. The van der Waals surface area contributed by atoms with Gasteiger partial charge in [0, 0.05) is 25.6 Å². The normalized spacial score (nSPS) is 30.0. The second-order valence-corrected chi connectivity index (χ2v) is 5.20. The largest absolute Gasteiger partial charge is 0.345 e. The van der Waals surface area contributed by atoms with Crippen LogP contribution in [0.5, 0.6) is 0 Å². The molecule has 0 aromatic rings. The molecule has 0 saturated carbocycles. The maximum absolute atomic E-state index is 12.2. The van der Waals surface area contributed by atoms with Crippen LogP contribution >= 0.6 is 0 Å². The highest BCUT2D eigenvalue weighted by molar-refractivity contribution is 5.87. The summed E-state index contributed by atoms with van der Waals surface area (Å²) in [5, 5.41) is 11.1. The van der Waals surface area contributed by atoms with E-state index in [4.69, 9.17) is 0 Å². The molecule has 1 aliphatic heterocycles. The molecule has 1 fully saturated rings. The lowest BCUT2D eigenvalue weighted by Crippen LogP contribution is -2.33. The van der Waals surface area contributed by atoms with Gasteiger partial charge < -0.3 is 4.90 Å². The Balaban J connectivity index is 2.43. The average molecular weight is 238 g/mol. The van der Waals surface area contributed by atoms with Gasteiger partial charge in [0.2, 0.25) is 11.6 Å². The van der Waals surface area contributed by atoms with Crippen molar-refractivity contribution in [2.24, 2.45) is 5.41 Å². The lowest BCUT2D eigenvalue weighted by molar-refractivity contribution is -0.430. The van der Waals surface area contributed by atoms with Gasteiger partial charge in [-0.15, -0.1) is 0 Å². The summed E-state index contributed by atoms with van der Waals surface area (Å²) in [7, 11) is 1.77. The molecule has 1 amide bonds. The fourth-order valence-corrected chi connectivity index (χ4v) is 2.99. The molecule has 94 valence electrons. The van der Waals surface area contributed by atoms with E-state index in [0.717, 1.165) is 18.4 Å². The third-order valence-corrected chi connectivity index (χ3v) is 4.09. The van der Waals surface area contributed by atoms with Gasteiger partial charge in [-0.05, 0) is 32.6 Å². The number of amides is 1. The highest BCUT2D eigenvalue weighted by Crippen LogP contribution is 2.44. The molecule has 1 saturated heterocycles. The highest BCUT2D eigenvalue weighted by Gasteiger charge is 2.47. The molecule has 2 rings (SSSR count). The molecule has 5 heteroatoms. The molecule has 2 aliphatic rings. The molecule has 1 heterocycles. The molecule has 1 atom stereocenters. The molecule has 1 aliphatic carbocycles. The van der Waals surface area contributed by atoms with Crippen LogP contribution in [0, 0.1) is 15.5 Å². The first-order valence-electron chi connectivity index (χ1n) is 6.09. The highest BCUT2D eigenvalue weighted by atomic mass is 16.6. The summed E-state index contributed by atoms with van der Waals surface area (Å²) in [5.41, 5.74) is 0.447. The van der Waals surface area contributed by atoms with E-state index in [1.54, 1.807) is 11.9 Å². The van der Waals surface area contributed by atoms with Crippen LogP contribution in [0.15, 0.2) is 11.3 Å². The number of likely N-dealkylation sites (tertiary alicyclic amines) is 1. The molecular weight excluding hydrogens is 220 g/mol. The van der Waals surface area contributed by atoms with Crippen LogP contribution in [0.2, 0.25) is 0 Å². The Labute approximate surface area is 101 Å². The summed E-state index contributed by atoms with van der Waals surface area (Å²) >= 11 is 0. The van der Waals surface area contributed by atoms with Crippen molar-refractivity contribution < 1.29 is 9.72 Å². The van der Waals surface area contributed by atoms with Gasteiger partial charge in [-0.1, -0.05) is 0 Å². The Bertz CT molecular complexity index is 403. The number of carbonyl (C=O) groups excluding carboxylic acids is 1. The van der Waals surface area contributed by atoms with E-state index in [9.17, 15) is 14.9 Å². The topological polar surface area (TPSA) is 63.4 Å². The molecule has 0 spiro atoms. The lowest BCUT2D eigenvalue weighted by atomic mass is 9.74. The summed E-state index contributed by atoms with van der Waals surface area (Å²) in [5.74, 6) is 0.0359.